The lowest BCUT2D eigenvalue weighted by Crippen LogP contribution is -2.35. The van der Waals surface area contributed by atoms with Gasteiger partial charge in [-0.05, 0) is 36.4 Å². The van der Waals surface area contributed by atoms with Crippen LogP contribution in [-0.4, -0.2) is 38.9 Å². The summed E-state index contributed by atoms with van der Waals surface area (Å²) in [5, 5.41) is 8.70. The van der Waals surface area contributed by atoms with Crippen molar-refractivity contribution in [2.75, 3.05) is 17.2 Å². The number of hydrogen-bond donors (Lipinski definition) is 1. The summed E-state index contributed by atoms with van der Waals surface area (Å²) in [5.41, 5.74) is 5.69. The summed E-state index contributed by atoms with van der Waals surface area (Å²) >= 11 is 1.20. The molecule has 2 heterocycles. The summed E-state index contributed by atoms with van der Waals surface area (Å²) in [6.07, 6.45) is 1.54. The van der Waals surface area contributed by atoms with Gasteiger partial charge in [-0.25, -0.2) is 4.39 Å². The molecule has 0 unspecified atom stereocenters. The van der Waals surface area contributed by atoms with Crippen LogP contribution >= 0.6 is 11.8 Å². The Balaban J connectivity index is 1.71. The minimum atomic E-state index is -0.524. The van der Waals surface area contributed by atoms with Gasteiger partial charge >= 0.3 is 0 Å². The number of carbonyl (C=O) groups is 2. The molecule has 0 bridgehead atoms. The fraction of sp³-hybridized carbons (Fsp3) is 0.222. The van der Waals surface area contributed by atoms with Gasteiger partial charge in [0, 0.05) is 25.7 Å². The highest BCUT2D eigenvalue weighted by atomic mass is 32.2. The van der Waals surface area contributed by atoms with Crippen molar-refractivity contribution < 1.29 is 18.4 Å². The lowest BCUT2D eigenvalue weighted by atomic mass is 10.2. The molecule has 0 aliphatic heterocycles. The topological polar surface area (TPSA) is 107 Å². The largest absolute Gasteiger partial charge is 0.461 e. The second kappa shape index (κ2) is 8.70. The highest BCUT2D eigenvalue weighted by Gasteiger charge is 2.19. The summed E-state index contributed by atoms with van der Waals surface area (Å²) < 4.78 is 20.2. The van der Waals surface area contributed by atoms with Gasteiger partial charge in [-0.15, -0.1) is 10.2 Å². The van der Waals surface area contributed by atoms with Crippen molar-refractivity contribution in [2.45, 2.75) is 11.6 Å². The predicted molar refractivity (Wildman–Crippen MR) is 102 cm³/mol. The molecule has 8 nitrogen and oxygen atoms in total. The van der Waals surface area contributed by atoms with Crippen molar-refractivity contribution >= 4 is 29.3 Å². The SMILES string of the molecule is Cn1c(SCC(=O)N(CCC(N)=O)c2ccc(F)cc2)nnc1-c1ccco1. The first-order chi connectivity index (χ1) is 13.5. The molecule has 0 radical (unpaired) electrons. The van der Waals surface area contributed by atoms with E-state index >= 15 is 0 Å². The normalized spacial score (nSPS) is 10.8. The lowest BCUT2D eigenvalue weighted by Gasteiger charge is -2.22. The van der Waals surface area contributed by atoms with Gasteiger partial charge in [-0.2, -0.15) is 0 Å². The summed E-state index contributed by atoms with van der Waals surface area (Å²) in [5.74, 6) is -0.0266. The number of benzene rings is 1. The molecule has 0 saturated heterocycles. The molecule has 2 N–H and O–H groups in total. The lowest BCUT2D eigenvalue weighted by molar-refractivity contribution is -0.118. The summed E-state index contributed by atoms with van der Waals surface area (Å²) in [4.78, 5) is 25.3. The predicted octanol–water partition coefficient (Wildman–Crippen LogP) is 2.21. The minimum absolute atomic E-state index is 0.000382. The number of furan rings is 1. The van der Waals surface area contributed by atoms with Crippen molar-refractivity contribution in [1.29, 1.82) is 0 Å². The van der Waals surface area contributed by atoms with Crippen LogP contribution in [0.1, 0.15) is 6.42 Å². The van der Waals surface area contributed by atoms with Gasteiger partial charge in [-0.3, -0.25) is 9.59 Å². The second-order valence-corrected chi connectivity index (χ2v) is 6.81. The third-order valence-electron chi connectivity index (χ3n) is 3.92. The standard InChI is InChI=1S/C18H18FN5O3S/c1-23-17(14-3-2-10-27-14)21-22-18(23)28-11-16(26)24(9-8-15(20)25)13-6-4-12(19)5-7-13/h2-7,10H,8-9,11H2,1H3,(H2,20,25). The number of hydrogen-bond acceptors (Lipinski definition) is 6. The number of primary amides is 1. The van der Waals surface area contributed by atoms with Crippen LogP contribution in [0.25, 0.3) is 11.6 Å². The number of nitrogens with zero attached hydrogens (tertiary/aromatic N) is 4. The molecular weight excluding hydrogens is 385 g/mol. The molecule has 0 fully saturated rings. The summed E-state index contributed by atoms with van der Waals surface area (Å²) in [6.45, 7) is 0.108. The van der Waals surface area contributed by atoms with E-state index in [0.29, 0.717) is 22.4 Å². The molecule has 2 aromatic heterocycles. The molecule has 0 spiro atoms. The van der Waals surface area contributed by atoms with Crippen molar-refractivity contribution in [2.24, 2.45) is 12.8 Å². The van der Waals surface area contributed by atoms with E-state index in [2.05, 4.69) is 10.2 Å². The van der Waals surface area contributed by atoms with Gasteiger partial charge in [0.25, 0.3) is 0 Å². The number of amides is 2. The van der Waals surface area contributed by atoms with Gasteiger partial charge in [0.2, 0.25) is 11.8 Å². The van der Waals surface area contributed by atoms with Crippen LogP contribution in [0.4, 0.5) is 10.1 Å². The molecule has 2 amide bonds. The fourth-order valence-corrected chi connectivity index (χ4v) is 3.29. The number of aromatic nitrogens is 3. The van der Waals surface area contributed by atoms with Crippen molar-refractivity contribution in [3.05, 3.63) is 48.5 Å². The second-order valence-electron chi connectivity index (χ2n) is 5.87. The van der Waals surface area contributed by atoms with Gasteiger partial charge in [0.1, 0.15) is 5.82 Å². The number of thioether (sulfide) groups is 1. The Morgan fingerprint density at radius 3 is 2.64 bits per heavy atom. The Morgan fingerprint density at radius 2 is 2.00 bits per heavy atom. The third-order valence-corrected chi connectivity index (χ3v) is 4.93. The summed E-state index contributed by atoms with van der Waals surface area (Å²) in [7, 11) is 1.77. The smallest absolute Gasteiger partial charge is 0.237 e. The van der Waals surface area contributed by atoms with E-state index in [4.69, 9.17) is 10.2 Å². The first-order valence-corrected chi connectivity index (χ1v) is 9.34. The van der Waals surface area contributed by atoms with Crippen LogP contribution in [0.2, 0.25) is 0 Å². The monoisotopic (exact) mass is 403 g/mol. The molecule has 146 valence electrons. The van der Waals surface area contributed by atoms with Gasteiger partial charge < -0.3 is 19.6 Å². The molecule has 0 aliphatic rings. The Labute approximate surface area is 164 Å². The van der Waals surface area contributed by atoms with Gasteiger partial charge in [0.15, 0.2) is 16.7 Å². The zero-order chi connectivity index (χ0) is 20.1. The van der Waals surface area contributed by atoms with Gasteiger partial charge in [-0.1, -0.05) is 11.8 Å². The molecule has 0 aliphatic carbocycles. The number of carbonyl (C=O) groups excluding carboxylic acids is 2. The van der Waals surface area contributed by atoms with Crippen molar-refractivity contribution in [3.8, 4) is 11.6 Å². The summed E-state index contributed by atoms with van der Waals surface area (Å²) in [6, 6.07) is 8.99. The van der Waals surface area contributed by atoms with Crippen molar-refractivity contribution in [3.63, 3.8) is 0 Å². The fourth-order valence-electron chi connectivity index (χ4n) is 2.51. The van der Waals surface area contributed by atoms with E-state index in [0.717, 1.165) is 0 Å². The molecule has 0 atom stereocenters. The van der Waals surface area contributed by atoms with Crippen LogP contribution in [0.3, 0.4) is 0 Å². The average Bonchev–Trinajstić information content (AvgIpc) is 3.31. The third kappa shape index (κ3) is 4.58. The van der Waals surface area contributed by atoms with Crippen LogP contribution in [-0.2, 0) is 16.6 Å². The highest BCUT2D eigenvalue weighted by Crippen LogP contribution is 2.24. The molecule has 0 saturated carbocycles. The Bertz CT molecular complexity index is 956. The molecule has 3 aromatic rings. The maximum atomic E-state index is 13.2. The van der Waals surface area contributed by atoms with Crippen LogP contribution in [0.15, 0.2) is 52.2 Å². The maximum Gasteiger partial charge on any atom is 0.237 e. The van der Waals surface area contributed by atoms with E-state index < -0.39 is 11.7 Å². The minimum Gasteiger partial charge on any atom is -0.461 e. The maximum absolute atomic E-state index is 13.2. The number of anilines is 1. The Kier molecular flexibility index (Phi) is 6.09. The van der Waals surface area contributed by atoms with Crippen LogP contribution < -0.4 is 10.6 Å². The Morgan fingerprint density at radius 1 is 1.25 bits per heavy atom. The molecular formula is C18H18FN5O3S. The quantitative estimate of drug-likeness (QED) is 0.578. The van der Waals surface area contributed by atoms with E-state index in [1.54, 1.807) is 30.0 Å². The molecule has 1 aromatic carbocycles. The van der Waals surface area contributed by atoms with Crippen LogP contribution in [0, 0.1) is 5.82 Å². The van der Waals surface area contributed by atoms with Crippen LogP contribution in [0.5, 0.6) is 0 Å². The van der Waals surface area contributed by atoms with E-state index in [-0.39, 0.29) is 24.6 Å². The first kappa shape index (κ1) is 19.6. The molecule has 28 heavy (non-hydrogen) atoms. The van der Waals surface area contributed by atoms with E-state index in [1.165, 1.54) is 40.9 Å². The van der Waals surface area contributed by atoms with Gasteiger partial charge in [0.05, 0.1) is 12.0 Å². The number of halogens is 1. The highest BCUT2D eigenvalue weighted by molar-refractivity contribution is 7.99. The Hall–Kier alpha value is -3.14. The average molecular weight is 403 g/mol. The first-order valence-electron chi connectivity index (χ1n) is 8.36. The molecule has 10 heteroatoms. The zero-order valence-corrected chi connectivity index (χ0v) is 15.9. The molecule has 3 rings (SSSR count). The van der Waals surface area contributed by atoms with E-state index in [9.17, 15) is 14.0 Å². The van der Waals surface area contributed by atoms with E-state index in [1.807, 2.05) is 0 Å². The number of nitrogens with two attached hydrogens (primary N) is 1. The zero-order valence-electron chi connectivity index (χ0n) is 15.0. The van der Waals surface area contributed by atoms with Crippen molar-refractivity contribution in [1.82, 2.24) is 14.8 Å². The number of rotatable bonds is 8.